The van der Waals surface area contributed by atoms with Gasteiger partial charge in [-0.15, -0.1) is 0 Å². The molecule has 6 nitrogen and oxygen atoms in total. The summed E-state index contributed by atoms with van der Waals surface area (Å²) in [6.07, 6.45) is 1.03. The zero-order valence-electron chi connectivity index (χ0n) is 12.9. The minimum atomic E-state index is -0.773. The van der Waals surface area contributed by atoms with Crippen molar-refractivity contribution < 1.29 is 19.2 Å². The molecule has 1 aromatic rings. The van der Waals surface area contributed by atoms with E-state index in [1.54, 1.807) is 6.92 Å². The largest absolute Gasteiger partial charge is 0.467 e. The molecule has 6 heteroatoms. The lowest BCUT2D eigenvalue weighted by Gasteiger charge is -2.29. The molecule has 0 aromatic heterocycles. The second-order valence-corrected chi connectivity index (χ2v) is 4.56. The summed E-state index contributed by atoms with van der Waals surface area (Å²) in [4.78, 5) is 30.1. The number of esters is 1. The Bertz CT molecular complexity index is 534. The summed E-state index contributed by atoms with van der Waals surface area (Å²) in [6, 6.07) is 4.87. The highest BCUT2D eigenvalue weighted by atomic mass is 16.6. The number of carbonyl (C=O) groups is 2. The molecule has 0 aliphatic carbocycles. The smallest absolute Gasteiger partial charge is 0.328 e. The lowest BCUT2D eigenvalue weighted by atomic mass is 10.1. The van der Waals surface area contributed by atoms with Crippen molar-refractivity contribution in [1.29, 1.82) is 0 Å². The van der Waals surface area contributed by atoms with Crippen LogP contribution in [0.4, 0.5) is 5.69 Å². The Hall–Kier alpha value is -2.37. The van der Waals surface area contributed by atoms with Gasteiger partial charge in [0.15, 0.2) is 0 Å². The Morgan fingerprint density at radius 3 is 2.29 bits per heavy atom. The van der Waals surface area contributed by atoms with Crippen LogP contribution in [0.3, 0.4) is 0 Å². The van der Waals surface area contributed by atoms with E-state index in [1.165, 1.54) is 19.1 Å². The number of benzene rings is 1. The number of aryl methyl sites for hydroxylation is 2. The van der Waals surface area contributed by atoms with Crippen LogP contribution < -0.4 is 4.90 Å². The van der Waals surface area contributed by atoms with E-state index in [2.05, 4.69) is 9.99 Å². The van der Waals surface area contributed by atoms with E-state index in [9.17, 15) is 9.59 Å². The SMILES string of the molecule is CON=CC(=O)N(c1c(C)cccc1C)C(C)C(=O)OC. The first-order chi connectivity index (χ1) is 9.93. The fourth-order valence-corrected chi connectivity index (χ4v) is 2.12. The summed E-state index contributed by atoms with van der Waals surface area (Å²) < 4.78 is 4.74. The lowest BCUT2D eigenvalue weighted by Crippen LogP contribution is -2.45. The molecule has 0 aliphatic heterocycles. The minimum absolute atomic E-state index is 0.452. The van der Waals surface area contributed by atoms with Crippen molar-refractivity contribution in [1.82, 2.24) is 0 Å². The summed E-state index contributed by atoms with van der Waals surface area (Å²) in [7, 11) is 2.63. The van der Waals surface area contributed by atoms with Gasteiger partial charge in [-0.3, -0.25) is 9.69 Å². The summed E-state index contributed by atoms with van der Waals surface area (Å²) in [5.74, 6) is -0.955. The molecular weight excluding hydrogens is 272 g/mol. The number of hydrogen-bond donors (Lipinski definition) is 0. The topological polar surface area (TPSA) is 68.2 Å². The van der Waals surface area contributed by atoms with E-state index >= 15 is 0 Å². The molecule has 0 saturated heterocycles. The molecule has 0 bridgehead atoms. The third kappa shape index (κ3) is 3.81. The normalized spacial score (nSPS) is 12.0. The molecule has 114 valence electrons. The van der Waals surface area contributed by atoms with E-state index < -0.39 is 17.9 Å². The van der Waals surface area contributed by atoms with Crippen LogP contribution in [0.5, 0.6) is 0 Å². The molecule has 1 amide bonds. The van der Waals surface area contributed by atoms with Crippen LogP contribution in [0.25, 0.3) is 0 Å². The van der Waals surface area contributed by atoms with Gasteiger partial charge < -0.3 is 9.57 Å². The van der Waals surface area contributed by atoms with E-state index in [1.807, 2.05) is 32.0 Å². The monoisotopic (exact) mass is 292 g/mol. The zero-order valence-corrected chi connectivity index (χ0v) is 12.9. The second kappa shape index (κ2) is 7.42. The van der Waals surface area contributed by atoms with Gasteiger partial charge in [-0.1, -0.05) is 23.4 Å². The Morgan fingerprint density at radius 1 is 1.24 bits per heavy atom. The van der Waals surface area contributed by atoms with Gasteiger partial charge in [0, 0.05) is 0 Å². The number of nitrogens with zero attached hydrogens (tertiary/aromatic N) is 2. The van der Waals surface area contributed by atoms with Crippen molar-refractivity contribution in [3.05, 3.63) is 29.3 Å². The quantitative estimate of drug-likeness (QED) is 0.472. The van der Waals surface area contributed by atoms with Gasteiger partial charge in [-0.25, -0.2) is 4.79 Å². The van der Waals surface area contributed by atoms with Gasteiger partial charge in [-0.2, -0.15) is 0 Å². The molecule has 1 atom stereocenters. The Labute approximate surface area is 124 Å². The first-order valence-electron chi connectivity index (χ1n) is 6.47. The van der Waals surface area contributed by atoms with Crippen LogP contribution in [0.2, 0.25) is 0 Å². The Kier molecular flexibility index (Phi) is 5.90. The summed E-state index contributed by atoms with van der Waals surface area (Å²) in [5, 5.41) is 3.48. The molecule has 1 aromatic carbocycles. The molecule has 21 heavy (non-hydrogen) atoms. The van der Waals surface area contributed by atoms with Crippen LogP contribution in [0, 0.1) is 13.8 Å². The molecular formula is C15H20N2O4. The van der Waals surface area contributed by atoms with E-state index in [4.69, 9.17) is 4.74 Å². The first kappa shape index (κ1) is 16.7. The number of hydrogen-bond acceptors (Lipinski definition) is 5. The average Bonchev–Trinajstić information content (AvgIpc) is 2.47. The van der Waals surface area contributed by atoms with Crippen molar-refractivity contribution in [2.75, 3.05) is 19.1 Å². The molecule has 0 N–H and O–H groups in total. The van der Waals surface area contributed by atoms with Crippen LogP contribution in [-0.4, -0.2) is 38.4 Å². The van der Waals surface area contributed by atoms with E-state index in [0.29, 0.717) is 5.69 Å². The van der Waals surface area contributed by atoms with Crippen molar-refractivity contribution in [2.45, 2.75) is 26.8 Å². The number of methoxy groups -OCH3 is 1. The molecule has 0 heterocycles. The average molecular weight is 292 g/mol. The van der Waals surface area contributed by atoms with Crippen LogP contribution in [0.15, 0.2) is 23.4 Å². The number of amides is 1. The number of oxime groups is 1. The predicted octanol–water partition coefficient (Wildman–Crippen LogP) is 1.83. The van der Waals surface area contributed by atoms with Crippen molar-refractivity contribution >= 4 is 23.8 Å². The third-order valence-electron chi connectivity index (χ3n) is 3.12. The minimum Gasteiger partial charge on any atom is -0.467 e. The van der Waals surface area contributed by atoms with Gasteiger partial charge >= 0.3 is 5.97 Å². The highest BCUT2D eigenvalue weighted by Gasteiger charge is 2.29. The van der Waals surface area contributed by atoms with Crippen LogP contribution in [0.1, 0.15) is 18.1 Å². The zero-order chi connectivity index (χ0) is 16.0. The first-order valence-corrected chi connectivity index (χ1v) is 6.47. The number of carbonyl (C=O) groups excluding carboxylic acids is 2. The van der Waals surface area contributed by atoms with Gasteiger partial charge in [0.1, 0.15) is 19.4 Å². The maximum absolute atomic E-state index is 12.4. The van der Waals surface area contributed by atoms with Crippen molar-refractivity contribution in [3.8, 4) is 0 Å². The molecule has 0 fully saturated rings. The number of rotatable bonds is 5. The van der Waals surface area contributed by atoms with Gasteiger partial charge in [0.05, 0.1) is 12.8 Å². The maximum Gasteiger partial charge on any atom is 0.328 e. The standard InChI is InChI=1S/C15H20N2O4/c1-10-7-6-8-11(2)14(10)17(12(3)15(19)20-4)13(18)9-16-21-5/h6-9,12H,1-5H3. The molecule has 0 radical (unpaired) electrons. The van der Waals surface area contributed by atoms with Crippen molar-refractivity contribution in [3.63, 3.8) is 0 Å². The fraction of sp³-hybridized carbons (Fsp3) is 0.400. The maximum atomic E-state index is 12.4. The Balaban J connectivity index is 3.34. The van der Waals surface area contributed by atoms with E-state index in [-0.39, 0.29) is 0 Å². The highest BCUT2D eigenvalue weighted by Crippen LogP contribution is 2.26. The van der Waals surface area contributed by atoms with Crippen LogP contribution >= 0.6 is 0 Å². The third-order valence-corrected chi connectivity index (χ3v) is 3.12. The number of ether oxygens (including phenoxy) is 1. The summed E-state index contributed by atoms with van der Waals surface area (Å²) in [6.45, 7) is 5.36. The molecule has 1 unspecified atom stereocenters. The second-order valence-electron chi connectivity index (χ2n) is 4.56. The predicted molar refractivity (Wildman–Crippen MR) is 80.4 cm³/mol. The lowest BCUT2D eigenvalue weighted by molar-refractivity contribution is -0.142. The summed E-state index contributed by atoms with van der Waals surface area (Å²) in [5.41, 5.74) is 2.43. The Morgan fingerprint density at radius 2 is 1.81 bits per heavy atom. The van der Waals surface area contributed by atoms with Gasteiger partial charge in [0.25, 0.3) is 5.91 Å². The molecule has 1 rings (SSSR count). The molecule has 0 spiro atoms. The van der Waals surface area contributed by atoms with Crippen molar-refractivity contribution in [2.24, 2.45) is 5.16 Å². The van der Waals surface area contributed by atoms with Gasteiger partial charge in [-0.05, 0) is 31.9 Å². The number of para-hydroxylation sites is 1. The fourth-order valence-electron chi connectivity index (χ4n) is 2.12. The van der Waals surface area contributed by atoms with E-state index in [0.717, 1.165) is 17.3 Å². The summed E-state index contributed by atoms with van der Waals surface area (Å²) >= 11 is 0. The molecule has 0 aliphatic rings. The van der Waals surface area contributed by atoms with Crippen LogP contribution in [-0.2, 0) is 19.2 Å². The van der Waals surface area contributed by atoms with Gasteiger partial charge in [0.2, 0.25) is 0 Å². The molecule has 0 saturated carbocycles. The highest BCUT2D eigenvalue weighted by molar-refractivity contribution is 6.33. The number of anilines is 1.